The van der Waals surface area contributed by atoms with Crippen LogP contribution < -0.4 is 0 Å². The van der Waals surface area contributed by atoms with E-state index in [2.05, 4.69) is 41.2 Å². The quantitative estimate of drug-likeness (QED) is 0.568. The molecule has 0 rings (SSSR count). The summed E-state index contributed by atoms with van der Waals surface area (Å²) in [5.74, 6) is 1.88. The van der Waals surface area contributed by atoms with E-state index in [1.54, 1.807) is 0 Å². The average Bonchev–Trinajstić information content (AvgIpc) is 1.87. The summed E-state index contributed by atoms with van der Waals surface area (Å²) in [5.41, 5.74) is 0. The van der Waals surface area contributed by atoms with Crippen LogP contribution in [0.15, 0.2) is 12.3 Å². The van der Waals surface area contributed by atoms with Crippen LogP contribution in [0.4, 0.5) is 0 Å². The molecule has 0 aliphatic heterocycles. The van der Waals surface area contributed by atoms with Crippen LogP contribution in [0.5, 0.6) is 0 Å². The topological polar surface area (TPSA) is 9.23 Å². The van der Waals surface area contributed by atoms with Gasteiger partial charge in [0.2, 0.25) is 0 Å². The molecule has 0 aliphatic rings. The minimum atomic E-state index is 0.282. The lowest BCUT2D eigenvalue weighted by Crippen LogP contribution is -2.16. The van der Waals surface area contributed by atoms with E-state index in [0.717, 1.165) is 5.76 Å². The Hall–Kier alpha value is -0.460. The van der Waals surface area contributed by atoms with Crippen molar-refractivity contribution >= 4 is 0 Å². The molecule has 0 radical (unpaired) electrons. The highest BCUT2D eigenvalue weighted by molar-refractivity contribution is 4.87. The zero-order valence-electron chi connectivity index (χ0n) is 8.35. The van der Waals surface area contributed by atoms with Gasteiger partial charge < -0.3 is 4.74 Å². The van der Waals surface area contributed by atoms with Gasteiger partial charge in [0, 0.05) is 5.92 Å². The maximum Gasteiger partial charge on any atom is 0.0977 e. The Bertz CT molecular complexity index is 125. The van der Waals surface area contributed by atoms with Crippen molar-refractivity contribution in [2.24, 2.45) is 11.8 Å². The van der Waals surface area contributed by atoms with Gasteiger partial charge in [-0.05, 0) is 12.8 Å². The fraction of sp³-hybridized carbons (Fsp3) is 0.800. The van der Waals surface area contributed by atoms with Crippen LogP contribution in [0, 0.1) is 11.8 Å². The van der Waals surface area contributed by atoms with Crippen molar-refractivity contribution in [1.29, 1.82) is 0 Å². The van der Waals surface area contributed by atoms with Crippen LogP contribution in [0.2, 0.25) is 0 Å². The van der Waals surface area contributed by atoms with E-state index in [9.17, 15) is 0 Å². The second-order valence-electron chi connectivity index (χ2n) is 3.69. The molecule has 0 heterocycles. The van der Waals surface area contributed by atoms with Crippen molar-refractivity contribution in [3.8, 4) is 0 Å². The maximum atomic E-state index is 5.58. The third kappa shape index (κ3) is 4.07. The van der Waals surface area contributed by atoms with E-state index in [1.807, 2.05) is 0 Å². The van der Waals surface area contributed by atoms with Crippen LogP contribution >= 0.6 is 0 Å². The van der Waals surface area contributed by atoms with Gasteiger partial charge in [0.1, 0.15) is 0 Å². The molecule has 66 valence electrons. The molecule has 0 N–H and O–H groups in total. The molecule has 0 aliphatic carbocycles. The van der Waals surface area contributed by atoms with Crippen molar-refractivity contribution in [2.75, 3.05) is 0 Å². The number of hydrogen-bond acceptors (Lipinski definition) is 1. The van der Waals surface area contributed by atoms with Crippen molar-refractivity contribution in [2.45, 2.75) is 40.7 Å². The second-order valence-corrected chi connectivity index (χ2v) is 3.69. The lowest BCUT2D eigenvalue weighted by Gasteiger charge is -2.21. The summed E-state index contributed by atoms with van der Waals surface area (Å²) in [5, 5.41) is 0. The summed E-state index contributed by atoms with van der Waals surface area (Å²) in [7, 11) is 0. The SMILES string of the molecule is C=C(OC(C)C(C)C)C(C)C. The van der Waals surface area contributed by atoms with Crippen LogP contribution in [-0.4, -0.2) is 6.10 Å². The Morgan fingerprint density at radius 1 is 1.09 bits per heavy atom. The molecule has 0 saturated carbocycles. The summed E-state index contributed by atoms with van der Waals surface area (Å²) in [6.07, 6.45) is 0.282. The Kier molecular flexibility index (Phi) is 4.24. The first-order chi connectivity index (χ1) is 4.95. The first kappa shape index (κ1) is 10.5. The normalized spacial score (nSPS) is 13.7. The van der Waals surface area contributed by atoms with Crippen molar-refractivity contribution < 1.29 is 4.74 Å². The van der Waals surface area contributed by atoms with Gasteiger partial charge in [-0.3, -0.25) is 0 Å². The molecule has 11 heavy (non-hydrogen) atoms. The first-order valence-corrected chi connectivity index (χ1v) is 4.30. The average molecular weight is 156 g/mol. The van der Waals surface area contributed by atoms with Gasteiger partial charge in [-0.15, -0.1) is 0 Å². The van der Waals surface area contributed by atoms with Gasteiger partial charge in [-0.25, -0.2) is 0 Å². The summed E-state index contributed by atoms with van der Waals surface area (Å²) in [4.78, 5) is 0. The smallest absolute Gasteiger partial charge is 0.0977 e. The lowest BCUT2D eigenvalue weighted by atomic mass is 10.1. The molecule has 0 bridgehead atoms. The number of rotatable bonds is 4. The first-order valence-electron chi connectivity index (χ1n) is 4.30. The van der Waals surface area contributed by atoms with E-state index >= 15 is 0 Å². The lowest BCUT2D eigenvalue weighted by molar-refractivity contribution is 0.0777. The third-order valence-corrected chi connectivity index (χ3v) is 1.92. The predicted molar refractivity (Wildman–Crippen MR) is 49.4 cm³/mol. The standard InChI is InChI=1S/C10H20O/c1-7(2)9(5)11-10(6)8(3)4/h7-8,10H,5H2,1-4,6H3. The van der Waals surface area contributed by atoms with Gasteiger partial charge >= 0.3 is 0 Å². The fourth-order valence-electron chi connectivity index (χ4n) is 0.511. The number of hydrogen-bond donors (Lipinski definition) is 0. The Balaban J connectivity index is 3.76. The largest absolute Gasteiger partial charge is 0.495 e. The predicted octanol–water partition coefficient (Wildman–Crippen LogP) is 3.22. The molecular formula is C10H20O. The van der Waals surface area contributed by atoms with E-state index in [-0.39, 0.29) is 6.10 Å². The van der Waals surface area contributed by atoms with Gasteiger partial charge in [0.25, 0.3) is 0 Å². The van der Waals surface area contributed by atoms with Crippen LogP contribution in [0.3, 0.4) is 0 Å². The molecular weight excluding hydrogens is 136 g/mol. The molecule has 0 aromatic carbocycles. The van der Waals surface area contributed by atoms with Crippen LogP contribution in [0.25, 0.3) is 0 Å². The minimum absolute atomic E-state index is 0.282. The highest BCUT2D eigenvalue weighted by Gasteiger charge is 2.10. The highest BCUT2D eigenvalue weighted by atomic mass is 16.5. The minimum Gasteiger partial charge on any atom is -0.495 e. The van der Waals surface area contributed by atoms with Gasteiger partial charge in [-0.2, -0.15) is 0 Å². The molecule has 0 aromatic rings. The summed E-state index contributed by atoms with van der Waals surface area (Å²) in [6.45, 7) is 14.4. The Morgan fingerprint density at radius 2 is 1.55 bits per heavy atom. The van der Waals surface area contributed by atoms with Gasteiger partial charge in [0.15, 0.2) is 0 Å². The number of ether oxygens (including phenoxy) is 1. The van der Waals surface area contributed by atoms with Crippen LogP contribution in [-0.2, 0) is 4.74 Å². The van der Waals surface area contributed by atoms with Gasteiger partial charge in [0.05, 0.1) is 11.9 Å². The van der Waals surface area contributed by atoms with E-state index in [4.69, 9.17) is 4.74 Å². The molecule has 0 fully saturated rings. The Labute approximate surface area is 70.4 Å². The van der Waals surface area contributed by atoms with E-state index in [0.29, 0.717) is 11.8 Å². The zero-order valence-corrected chi connectivity index (χ0v) is 8.35. The molecule has 1 unspecified atom stereocenters. The van der Waals surface area contributed by atoms with Gasteiger partial charge in [-0.1, -0.05) is 34.3 Å². The highest BCUT2D eigenvalue weighted by Crippen LogP contribution is 2.15. The monoisotopic (exact) mass is 156 g/mol. The summed E-state index contributed by atoms with van der Waals surface area (Å²) >= 11 is 0. The third-order valence-electron chi connectivity index (χ3n) is 1.92. The summed E-state index contributed by atoms with van der Waals surface area (Å²) < 4.78 is 5.58. The summed E-state index contributed by atoms with van der Waals surface area (Å²) in [6, 6.07) is 0. The zero-order chi connectivity index (χ0) is 9.02. The Morgan fingerprint density at radius 3 is 1.82 bits per heavy atom. The van der Waals surface area contributed by atoms with Crippen LogP contribution in [0.1, 0.15) is 34.6 Å². The van der Waals surface area contributed by atoms with Crippen molar-refractivity contribution in [3.05, 3.63) is 12.3 Å². The van der Waals surface area contributed by atoms with E-state index in [1.165, 1.54) is 0 Å². The fourth-order valence-corrected chi connectivity index (χ4v) is 0.511. The van der Waals surface area contributed by atoms with Crippen molar-refractivity contribution in [1.82, 2.24) is 0 Å². The molecule has 1 atom stereocenters. The molecule has 1 heteroatoms. The second kappa shape index (κ2) is 4.42. The maximum absolute atomic E-state index is 5.58. The number of allylic oxidation sites excluding steroid dienone is 1. The molecule has 0 saturated heterocycles. The molecule has 1 nitrogen and oxygen atoms in total. The van der Waals surface area contributed by atoms with Crippen molar-refractivity contribution in [3.63, 3.8) is 0 Å². The molecule has 0 spiro atoms. The molecule has 0 amide bonds. The van der Waals surface area contributed by atoms with E-state index < -0.39 is 0 Å². The molecule has 0 aromatic heterocycles.